The Morgan fingerprint density at radius 1 is 1.33 bits per heavy atom. The second-order valence-corrected chi connectivity index (χ2v) is 5.68. The molecule has 1 rings (SSSR count). The summed E-state index contributed by atoms with van der Waals surface area (Å²) in [5.41, 5.74) is 1.50. The number of methoxy groups -OCH3 is 1. The van der Waals surface area contributed by atoms with Crippen LogP contribution in [0.1, 0.15) is 46.1 Å². The first-order valence-electron chi connectivity index (χ1n) is 6.87. The van der Waals surface area contributed by atoms with Crippen molar-refractivity contribution in [1.82, 2.24) is 5.32 Å². The molecule has 2 nitrogen and oxygen atoms in total. The lowest BCUT2D eigenvalue weighted by Gasteiger charge is -2.29. The number of ether oxygens (including phenoxy) is 1. The molecule has 0 aliphatic carbocycles. The van der Waals surface area contributed by atoms with Crippen molar-refractivity contribution in [3.05, 3.63) is 29.8 Å². The topological polar surface area (TPSA) is 21.3 Å². The summed E-state index contributed by atoms with van der Waals surface area (Å²) in [5, 5.41) is 3.56. The standard InChI is InChI=1S/C16H27NO/c1-6-10-17-13(2)12-16(3,4)14-8-7-9-15(11-14)18-5/h7-9,11,13,17H,6,10,12H2,1-5H3. The van der Waals surface area contributed by atoms with Gasteiger partial charge in [0.25, 0.3) is 0 Å². The predicted octanol–water partition coefficient (Wildman–Crippen LogP) is 3.75. The summed E-state index contributed by atoms with van der Waals surface area (Å²) in [4.78, 5) is 0. The maximum absolute atomic E-state index is 5.30. The van der Waals surface area contributed by atoms with Gasteiger partial charge in [-0.2, -0.15) is 0 Å². The number of benzene rings is 1. The van der Waals surface area contributed by atoms with Crippen molar-refractivity contribution in [3.8, 4) is 5.75 Å². The van der Waals surface area contributed by atoms with Crippen molar-refractivity contribution in [3.63, 3.8) is 0 Å². The molecule has 1 unspecified atom stereocenters. The van der Waals surface area contributed by atoms with E-state index in [2.05, 4.69) is 51.2 Å². The van der Waals surface area contributed by atoms with Gasteiger partial charge in [0.2, 0.25) is 0 Å². The molecule has 1 aromatic rings. The van der Waals surface area contributed by atoms with Crippen LogP contribution < -0.4 is 10.1 Å². The normalized spacial score (nSPS) is 13.4. The zero-order valence-corrected chi connectivity index (χ0v) is 12.4. The molecule has 1 N–H and O–H groups in total. The summed E-state index contributed by atoms with van der Waals surface area (Å²) in [6, 6.07) is 8.94. The Balaban J connectivity index is 2.71. The van der Waals surface area contributed by atoms with E-state index in [1.54, 1.807) is 7.11 Å². The van der Waals surface area contributed by atoms with Gasteiger partial charge in [-0.05, 0) is 49.4 Å². The van der Waals surface area contributed by atoms with E-state index in [4.69, 9.17) is 4.74 Å². The minimum atomic E-state index is 0.161. The Kier molecular flexibility index (Phi) is 5.67. The molecule has 1 aromatic carbocycles. The Hall–Kier alpha value is -1.02. The van der Waals surface area contributed by atoms with Crippen LogP contribution in [0.15, 0.2) is 24.3 Å². The van der Waals surface area contributed by atoms with Crippen LogP contribution in [-0.4, -0.2) is 19.7 Å². The monoisotopic (exact) mass is 249 g/mol. The molecule has 0 fully saturated rings. The first-order valence-corrected chi connectivity index (χ1v) is 6.87. The Morgan fingerprint density at radius 3 is 2.67 bits per heavy atom. The molecule has 0 radical (unpaired) electrons. The summed E-state index contributed by atoms with van der Waals surface area (Å²) in [5.74, 6) is 0.940. The van der Waals surface area contributed by atoms with Crippen molar-refractivity contribution in [2.75, 3.05) is 13.7 Å². The fourth-order valence-corrected chi connectivity index (χ4v) is 2.39. The minimum Gasteiger partial charge on any atom is -0.497 e. The van der Waals surface area contributed by atoms with Gasteiger partial charge in [0.15, 0.2) is 0 Å². The zero-order chi connectivity index (χ0) is 13.6. The van der Waals surface area contributed by atoms with Gasteiger partial charge in [-0.25, -0.2) is 0 Å². The van der Waals surface area contributed by atoms with Crippen molar-refractivity contribution >= 4 is 0 Å². The molecular weight excluding hydrogens is 222 g/mol. The summed E-state index contributed by atoms with van der Waals surface area (Å²) >= 11 is 0. The van der Waals surface area contributed by atoms with Gasteiger partial charge in [0.05, 0.1) is 7.11 Å². The first-order chi connectivity index (χ1) is 8.49. The highest BCUT2D eigenvalue weighted by atomic mass is 16.5. The molecule has 0 aliphatic rings. The molecule has 0 spiro atoms. The van der Waals surface area contributed by atoms with E-state index < -0.39 is 0 Å². The second kappa shape index (κ2) is 6.79. The Labute approximate surface area is 112 Å². The Bertz CT molecular complexity index is 360. The average Bonchev–Trinajstić information content (AvgIpc) is 2.36. The molecule has 1 atom stereocenters. The number of rotatable bonds is 7. The summed E-state index contributed by atoms with van der Waals surface area (Å²) in [6.45, 7) is 10.2. The van der Waals surface area contributed by atoms with Gasteiger partial charge in [-0.1, -0.05) is 32.9 Å². The summed E-state index contributed by atoms with van der Waals surface area (Å²) in [7, 11) is 1.72. The van der Waals surface area contributed by atoms with Crippen LogP contribution in [0.5, 0.6) is 5.75 Å². The van der Waals surface area contributed by atoms with Gasteiger partial charge >= 0.3 is 0 Å². The van der Waals surface area contributed by atoms with Gasteiger partial charge < -0.3 is 10.1 Å². The molecule has 0 saturated carbocycles. The maximum atomic E-state index is 5.30. The maximum Gasteiger partial charge on any atom is 0.119 e. The van der Waals surface area contributed by atoms with Crippen LogP contribution in [0.4, 0.5) is 0 Å². The van der Waals surface area contributed by atoms with E-state index in [9.17, 15) is 0 Å². The van der Waals surface area contributed by atoms with Crippen LogP contribution in [-0.2, 0) is 5.41 Å². The lowest BCUT2D eigenvalue weighted by molar-refractivity contribution is 0.383. The van der Waals surface area contributed by atoms with E-state index in [-0.39, 0.29) is 5.41 Å². The van der Waals surface area contributed by atoms with Crippen LogP contribution >= 0.6 is 0 Å². The van der Waals surface area contributed by atoms with Gasteiger partial charge in [-0.15, -0.1) is 0 Å². The molecule has 0 aromatic heterocycles. The average molecular weight is 249 g/mol. The van der Waals surface area contributed by atoms with Crippen molar-refractivity contribution in [2.24, 2.45) is 0 Å². The van der Waals surface area contributed by atoms with Crippen molar-refractivity contribution in [2.45, 2.75) is 52.0 Å². The SMILES string of the molecule is CCCNC(C)CC(C)(C)c1cccc(OC)c1. The molecule has 0 amide bonds. The predicted molar refractivity (Wildman–Crippen MR) is 78.4 cm³/mol. The van der Waals surface area contributed by atoms with E-state index in [0.29, 0.717) is 6.04 Å². The summed E-state index contributed by atoms with van der Waals surface area (Å²) < 4.78 is 5.30. The van der Waals surface area contributed by atoms with Crippen LogP contribution in [0.2, 0.25) is 0 Å². The Morgan fingerprint density at radius 2 is 2.06 bits per heavy atom. The molecule has 2 heteroatoms. The molecule has 18 heavy (non-hydrogen) atoms. The van der Waals surface area contributed by atoms with E-state index in [1.807, 2.05) is 6.07 Å². The molecule has 0 aliphatic heterocycles. The largest absolute Gasteiger partial charge is 0.497 e. The van der Waals surface area contributed by atoms with Gasteiger partial charge in [0, 0.05) is 6.04 Å². The van der Waals surface area contributed by atoms with E-state index in [1.165, 1.54) is 12.0 Å². The van der Waals surface area contributed by atoms with Gasteiger partial charge in [-0.3, -0.25) is 0 Å². The third kappa shape index (κ3) is 4.34. The van der Waals surface area contributed by atoms with Crippen LogP contribution in [0.3, 0.4) is 0 Å². The molecule has 0 saturated heterocycles. The molecule has 0 bridgehead atoms. The first kappa shape index (κ1) is 15.0. The lowest BCUT2D eigenvalue weighted by Crippen LogP contribution is -2.33. The fraction of sp³-hybridized carbons (Fsp3) is 0.625. The number of nitrogens with one attached hydrogen (secondary N) is 1. The third-order valence-electron chi connectivity index (χ3n) is 3.41. The second-order valence-electron chi connectivity index (χ2n) is 5.68. The van der Waals surface area contributed by atoms with Crippen LogP contribution in [0, 0.1) is 0 Å². The smallest absolute Gasteiger partial charge is 0.119 e. The molecular formula is C16H27NO. The van der Waals surface area contributed by atoms with Crippen molar-refractivity contribution in [1.29, 1.82) is 0 Å². The molecule has 0 heterocycles. The fourth-order valence-electron chi connectivity index (χ4n) is 2.39. The number of hydrogen-bond donors (Lipinski definition) is 1. The lowest BCUT2D eigenvalue weighted by atomic mass is 9.79. The van der Waals surface area contributed by atoms with Gasteiger partial charge in [0.1, 0.15) is 5.75 Å². The van der Waals surface area contributed by atoms with Crippen LogP contribution in [0.25, 0.3) is 0 Å². The quantitative estimate of drug-likeness (QED) is 0.794. The van der Waals surface area contributed by atoms with Crippen molar-refractivity contribution < 1.29 is 4.74 Å². The highest BCUT2D eigenvalue weighted by molar-refractivity contribution is 5.33. The molecule has 102 valence electrons. The third-order valence-corrected chi connectivity index (χ3v) is 3.41. The number of hydrogen-bond acceptors (Lipinski definition) is 2. The minimum absolute atomic E-state index is 0.161. The highest BCUT2D eigenvalue weighted by Gasteiger charge is 2.23. The zero-order valence-electron chi connectivity index (χ0n) is 12.4. The highest BCUT2D eigenvalue weighted by Crippen LogP contribution is 2.30. The van der Waals surface area contributed by atoms with E-state index in [0.717, 1.165) is 18.7 Å². The summed E-state index contributed by atoms with van der Waals surface area (Å²) in [6.07, 6.45) is 2.31. The van der Waals surface area contributed by atoms with E-state index >= 15 is 0 Å².